The zero-order valence-electron chi connectivity index (χ0n) is 20.2. The second kappa shape index (κ2) is 9.84. The molecule has 5 rings (SSSR count). The van der Waals surface area contributed by atoms with Gasteiger partial charge in [0, 0.05) is 37.8 Å². The van der Waals surface area contributed by atoms with Crippen molar-refractivity contribution in [1.82, 2.24) is 19.9 Å². The number of halogens is 1. The molecule has 190 valence electrons. The van der Waals surface area contributed by atoms with Gasteiger partial charge in [-0.2, -0.15) is 0 Å². The predicted molar refractivity (Wildman–Crippen MR) is 134 cm³/mol. The largest absolute Gasteiger partial charge is 0.485 e. The fraction of sp³-hybridized carbons (Fsp3) is 0.417. The van der Waals surface area contributed by atoms with Crippen molar-refractivity contribution >= 4 is 33.1 Å². The first-order chi connectivity index (χ1) is 17.3. The molecule has 0 radical (unpaired) electrons. The van der Waals surface area contributed by atoms with Crippen LogP contribution in [0.3, 0.4) is 0 Å². The molecule has 2 aromatic heterocycles. The van der Waals surface area contributed by atoms with Crippen molar-refractivity contribution in [3.63, 3.8) is 0 Å². The van der Waals surface area contributed by atoms with Crippen LogP contribution >= 0.6 is 0 Å². The number of hydrogen-bond donors (Lipinski definition) is 1. The lowest BCUT2D eigenvalue weighted by molar-refractivity contribution is 0.290. The Morgan fingerprint density at radius 2 is 1.86 bits per heavy atom. The van der Waals surface area contributed by atoms with E-state index in [9.17, 15) is 12.8 Å². The molecule has 3 aromatic rings. The average molecular weight is 514 g/mol. The number of anilines is 4. The quantitative estimate of drug-likeness (QED) is 0.528. The van der Waals surface area contributed by atoms with Crippen LogP contribution in [0.2, 0.25) is 0 Å². The van der Waals surface area contributed by atoms with Gasteiger partial charge in [0.1, 0.15) is 18.8 Å². The van der Waals surface area contributed by atoms with Crippen molar-refractivity contribution in [3.8, 4) is 5.75 Å². The minimum atomic E-state index is -3.51. The van der Waals surface area contributed by atoms with Crippen LogP contribution in [-0.4, -0.2) is 66.9 Å². The molecule has 1 fully saturated rings. The average Bonchev–Trinajstić information content (AvgIpc) is 2.89. The summed E-state index contributed by atoms with van der Waals surface area (Å²) in [6.07, 6.45) is 8.96. The van der Waals surface area contributed by atoms with E-state index in [1.54, 1.807) is 0 Å². The molecule has 2 aliphatic rings. The van der Waals surface area contributed by atoms with Gasteiger partial charge in [0.2, 0.25) is 11.7 Å². The van der Waals surface area contributed by atoms with Crippen LogP contribution in [0, 0.1) is 5.82 Å². The molecule has 36 heavy (non-hydrogen) atoms. The molecule has 0 saturated carbocycles. The number of hydrogen-bond acceptors (Lipinski definition) is 10. The van der Waals surface area contributed by atoms with Crippen molar-refractivity contribution in [2.24, 2.45) is 0 Å². The van der Waals surface area contributed by atoms with E-state index in [2.05, 4.69) is 42.0 Å². The topological polar surface area (TPSA) is 113 Å². The molecular weight excluding hydrogens is 485 g/mol. The third-order valence-corrected chi connectivity index (χ3v) is 7.66. The van der Waals surface area contributed by atoms with Crippen molar-refractivity contribution in [3.05, 3.63) is 48.3 Å². The Hall–Kier alpha value is -3.54. The minimum Gasteiger partial charge on any atom is -0.485 e. The molecule has 0 bridgehead atoms. The smallest absolute Gasteiger partial charge is 0.225 e. The number of nitrogens with one attached hydrogen (secondary N) is 1. The van der Waals surface area contributed by atoms with Gasteiger partial charge >= 0.3 is 0 Å². The monoisotopic (exact) mass is 513 g/mol. The van der Waals surface area contributed by atoms with E-state index in [1.807, 2.05) is 12.4 Å². The lowest BCUT2D eigenvalue weighted by Crippen LogP contribution is -2.48. The summed E-state index contributed by atoms with van der Waals surface area (Å²) in [5.41, 5.74) is 1.22. The summed E-state index contributed by atoms with van der Waals surface area (Å²) in [6, 6.07) is 3.99. The van der Waals surface area contributed by atoms with E-state index in [0.29, 0.717) is 30.5 Å². The number of ether oxygens (including phenoxy) is 1. The summed E-state index contributed by atoms with van der Waals surface area (Å²) < 4.78 is 44.0. The summed E-state index contributed by atoms with van der Waals surface area (Å²) in [4.78, 5) is 22.1. The minimum absolute atomic E-state index is 0.0873. The zero-order chi connectivity index (χ0) is 25.3. The third kappa shape index (κ3) is 4.90. The highest BCUT2D eigenvalue weighted by Crippen LogP contribution is 2.39. The number of nitrogens with zero attached hydrogens (tertiary/aromatic N) is 6. The standard InChI is InChI=1S/C24H28FN7O3S/c1-3-16-13-26-24(27-14-16)31-8-6-17(7-9-31)32-10-11-35-21-22(28-15-29-23(21)32)30-20-5-4-18(12-19(20)25)36(2,33)34/h4-5,12-15,17H,3,6-11H2,1-2H3,(H,28,29,30). The van der Waals surface area contributed by atoms with E-state index >= 15 is 0 Å². The van der Waals surface area contributed by atoms with Gasteiger partial charge in [0.25, 0.3) is 0 Å². The highest BCUT2D eigenvalue weighted by molar-refractivity contribution is 7.90. The summed E-state index contributed by atoms with van der Waals surface area (Å²) in [6.45, 7) is 4.88. The van der Waals surface area contributed by atoms with Crippen molar-refractivity contribution in [2.75, 3.05) is 47.6 Å². The number of piperidine rings is 1. The zero-order valence-corrected chi connectivity index (χ0v) is 21.0. The Labute approximate surface area is 209 Å². The molecule has 1 aromatic carbocycles. The van der Waals surface area contributed by atoms with Gasteiger partial charge in [0.05, 0.1) is 17.1 Å². The van der Waals surface area contributed by atoms with Gasteiger partial charge in [-0.1, -0.05) is 6.92 Å². The van der Waals surface area contributed by atoms with Gasteiger partial charge in [-0.15, -0.1) is 0 Å². The van der Waals surface area contributed by atoms with Gasteiger partial charge < -0.3 is 19.9 Å². The molecule has 1 N–H and O–H groups in total. The highest BCUT2D eigenvalue weighted by atomic mass is 32.2. The first-order valence-corrected chi connectivity index (χ1v) is 13.8. The maximum absolute atomic E-state index is 14.6. The third-order valence-electron chi connectivity index (χ3n) is 6.55. The highest BCUT2D eigenvalue weighted by Gasteiger charge is 2.32. The number of benzene rings is 1. The predicted octanol–water partition coefficient (Wildman–Crippen LogP) is 2.98. The van der Waals surface area contributed by atoms with E-state index in [-0.39, 0.29) is 16.6 Å². The summed E-state index contributed by atoms with van der Waals surface area (Å²) in [7, 11) is -3.51. The van der Waals surface area contributed by atoms with Gasteiger partial charge in [0.15, 0.2) is 21.5 Å². The number of sulfone groups is 1. The van der Waals surface area contributed by atoms with Crippen molar-refractivity contribution < 1.29 is 17.5 Å². The molecule has 12 heteroatoms. The lowest BCUT2D eigenvalue weighted by Gasteiger charge is -2.41. The van der Waals surface area contributed by atoms with Crippen LogP contribution in [0.5, 0.6) is 5.75 Å². The number of fused-ring (bicyclic) bond motifs is 1. The Morgan fingerprint density at radius 1 is 1.11 bits per heavy atom. The lowest BCUT2D eigenvalue weighted by atomic mass is 10.0. The molecule has 10 nitrogen and oxygen atoms in total. The normalized spacial score (nSPS) is 16.4. The number of aromatic nitrogens is 4. The Kier molecular flexibility index (Phi) is 6.61. The molecule has 0 spiro atoms. The van der Waals surface area contributed by atoms with Crippen LogP contribution in [0.1, 0.15) is 25.3 Å². The van der Waals surface area contributed by atoms with Gasteiger partial charge in [-0.3, -0.25) is 0 Å². The van der Waals surface area contributed by atoms with E-state index in [4.69, 9.17) is 4.74 Å². The van der Waals surface area contributed by atoms with Gasteiger partial charge in [-0.25, -0.2) is 32.7 Å². The van der Waals surface area contributed by atoms with Crippen LogP contribution in [-0.2, 0) is 16.3 Å². The molecule has 0 aliphatic carbocycles. The molecule has 0 atom stereocenters. The van der Waals surface area contributed by atoms with Crippen LogP contribution in [0.25, 0.3) is 0 Å². The molecule has 0 unspecified atom stereocenters. The Morgan fingerprint density at radius 3 is 2.53 bits per heavy atom. The number of aryl methyl sites for hydroxylation is 1. The van der Waals surface area contributed by atoms with E-state index in [1.165, 1.54) is 18.5 Å². The summed E-state index contributed by atoms with van der Waals surface area (Å²) >= 11 is 0. The SMILES string of the molecule is CCc1cnc(N2CCC(N3CCOc4c(Nc5ccc(S(C)(=O)=O)cc5F)ncnc43)CC2)nc1. The maximum Gasteiger partial charge on any atom is 0.225 e. The fourth-order valence-corrected chi connectivity index (χ4v) is 5.16. The Bertz CT molecular complexity index is 1350. The van der Waals surface area contributed by atoms with E-state index in [0.717, 1.165) is 56.2 Å². The molecule has 2 aliphatic heterocycles. The second-order valence-electron chi connectivity index (χ2n) is 8.92. The van der Waals surface area contributed by atoms with Crippen molar-refractivity contribution in [1.29, 1.82) is 0 Å². The molecular formula is C24H28FN7O3S. The Balaban J connectivity index is 1.32. The van der Waals surface area contributed by atoms with Crippen molar-refractivity contribution in [2.45, 2.75) is 37.1 Å². The molecule has 0 amide bonds. The van der Waals surface area contributed by atoms with Crippen LogP contribution < -0.4 is 19.9 Å². The molecule has 4 heterocycles. The van der Waals surface area contributed by atoms with Crippen LogP contribution in [0.4, 0.5) is 27.7 Å². The first-order valence-electron chi connectivity index (χ1n) is 11.9. The van der Waals surface area contributed by atoms with E-state index < -0.39 is 15.7 Å². The second-order valence-corrected chi connectivity index (χ2v) is 10.9. The van der Waals surface area contributed by atoms with Crippen LogP contribution in [0.15, 0.2) is 41.8 Å². The fourth-order valence-electron chi connectivity index (χ4n) is 4.53. The summed E-state index contributed by atoms with van der Waals surface area (Å²) in [5.74, 6) is 1.51. The first kappa shape index (κ1) is 24.2. The van der Waals surface area contributed by atoms with Gasteiger partial charge in [-0.05, 0) is 43.0 Å². The summed E-state index contributed by atoms with van der Waals surface area (Å²) in [5, 5.41) is 2.94. The maximum atomic E-state index is 14.6. The molecule has 1 saturated heterocycles. The number of rotatable bonds is 6.